The number of aromatic nitrogens is 1. The largest absolute Gasteiger partial charge is 0.264 e. The van der Waals surface area contributed by atoms with Crippen molar-refractivity contribution in [2.75, 3.05) is 0 Å². The lowest BCUT2D eigenvalue weighted by Gasteiger charge is -2.36. The van der Waals surface area contributed by atoms with Gasteiger partial charge in [0.1, 0.15) is 0 Å². The quantitative estimate of drug-likeness (QED) is 0.159. The summed E-state index contributed by atoms with van der Waals surface area (Å²) in [5.74, 6) is 0. The molecule has 0 amide bonds. The van der Waals surface area contributed by atoms with Crippen molar-refractivity contribution in [3.8, 4) is 55.6 Å². The van der Waals surface area contributed by atoms with Crippen LogP contribution in [0.25, 0.3) is 88.0 Å². The molecule has 2 spiro atoms. The van der Waals surface area contributed by atoms with Gasteiger partial charge in [-0.15, -0.1) is 0 Å². The van der Waals surface area contributed by atoms with Crippen molar-refractivity contribution in [2.24, 2.45) is 0 Å². The molecule has 1 aromatic heterocycles. The van der Waals surface area contributed by atoms with E-state index in [9.17, 15) is 0 Å². The van der Waals surface area contributed by atoms with Crippen LogP contribution in [-0.2, 0) is 10.8 Å². The summed E-state index contributed by atoms with van der Waals surface area (Å²) in [5.41, 5.74) is 25.9. The van der Waals surface area contributed by atoms with Crippen LogP contribution in [-0.4, -0.2) is 4.98 Å². The number of aryl methyl sites for hydroxylation is 2. The van der Waals surface area contributed by atoms with E-state index in [1.54, 1.807) is 0 Å². The summed E-state index contributed by atoms with van der Waals surface area (Å²) in [4.78, 5) is 4.53. The van der Waals surface area contributed by atoms with E-state index in [4.69, 9.17) is 0 Å². The lowest BCUT2D eigenvalue weighted by molar-refractivity contribution is 0.753. The van der Waals surface area contributed by atoms with Gasteiger partial charge in [0, 0.05) is 12.4 Å². The zero-order valence-corrected chi connectivity index (χ0v) is 34.3. The molecule has 62 heavy (non-hydrogen) atoms. The van der Waals surface area contributed by atoms with Crippen molar-refractivity contribution < 1.29 is 0 Å². The molecule has 10 aromatic carbocycles. The van der Waals surface area contributed by atoms with E-state index in [0.29, 0.717) is 0 Å². The number of rotatable bonds is 2. The van der Waals surface area contributed by atoms with E-state index in [1.807, 2.05) is 18.5 Å². The summed E-state index contributed by atoms with van der Waals surface area (Å²) in [5, 5.41) is 7.91. The summed E-state index contributed by atoms with van der Waals surface area (Å²) in [6.07, 6.45) is 3.86. The molecule has 0 atom stereocenters. The van der Waals surface area contributed by atoms with Crippen LogP contribution in [0.5, 0.6) is 0 Å². The molecule has 0 saturated carbocycles. The van der Waals surface area contributed by atoms with Gasteiger partial charge in [-0.25, -0.2) is 0 Å². The van der Waals surface area contributed by atoms with Gasteiger partial charge >= 0.3 is 0 Å². The third kappa shape index (κ3) is 3.74. The summed E-state index contributed by atoms with van der Waals surface area (Å²) in [7, 11) is 0. The molecule has 15 rings (SSSR count). The van der Waals surface area contributed by atoms with Crippen LogP contribution < -0.4 is 0 Å². The lowest BCUT2D eigenvalue weighted by Crippen LogP contribution is -2.31. The molecular formula is C61H37N. The first-order valence-corrected chi connectivity index (χ1v) is 21.9. The number of nitrogens with zero attached hydrogens (tertiary/aromatic N) is 1. The van der Waals surface area contributed by atoms with Crippen LogP contribution in [0.4, 0.5) is 0 Å². The fourth-order valence-corrected chi connectivity index (χ4v) is 13.1. The highest BCUT2D eigenvalue weighted by Gasteiger charge is 2.61. The van der Waals surface area contributed by atoms with Crippen LogP contribution >= 0.6 is 0 Å². The van der Waals surface area contributed by atoms with Crippen molar-refractivity contribution in [3.05, 3.63) is 244 Å². The van der Waals surface area contributed by atoms with E-state index < -0.39 is 10.8 Å². The standard InChI is InChI=1S/C61H37N/c1-34-25-52-58-54(27-34)61(55-28-35(2)26-53(59(55)58)60(52)48-14-5-3-12-44(48)46-22-20-38(31-50(46)60)42-11-8-24-62-33-42)49-15-6-4-13-45(49)47-23-21-39(32-51(47)61)43-29-40-18-16-36-9-7-10-37-17-19-41(30-43)57(40)56(36)37/h3-33H,1-2H3. The highest BCUT2D eigenvalue weighted by molar-refractivity contribution is 6.23. The Bertz CT molecular complexity index is 3710. The number of hydrogen-bond acceptors (Lipinski definition) is 1. The maximum Gasteiger partial charge on any atom is 0.0726 e. The molecule has 0 aliphatic heterocycles. The topological polar surface area (TPSA) is 12.9 Å². The van der Waals surface area contributed by atoms with Crippen LogP contribution in [0.15, 0.2) is 188 Å². The van der Waals surface area contributed by atoms with E-state index in [0.717, 1.165) is 5.56 Å². The van der Waals surface area contributed by atoms with Gasteiger partial charge in [-0.3, -0.25) is 4.98 Å². The van der Waals surface area contributed by atoms with E-state index in [2.05, 4.69) is 189 Å². The smallest absolute Gasteiger partial charge is 0.0726 e. The number of hydrogen-bond donors (Lipinski definition) is 0. The van der Waals surface area contributed by atoms with Crippen LogP contribution in [0.3, 0.4) is 0 Å². The molecule has 0 saturated heterocycles. The van der Waals surface area contributed by atoms with Gasteiger partial charge in [0.2, 0.25) is 0 Å². The molecule has 11 aromatic rings. The predicted octanol–water partition coefficient (Wildman–Crippen LogP) is 14.9. The van der Waals surface area contributed by atoms with Gasteiger partial charge in [-0.05, 0) is 177 Å². The molecule has 0 N–H and O–H groups in total. The molecule has 0 bridgehead atoms. The minimum Gasteiger partial charge on any atom is -0.264 e. The number of fused-ring (bicyclic) bond motifs is 14. The lowest BCUT2D eigenvalue weighted by atomic mass is 9.64. The maximum atomic E-state index is 4.53. The first-order valence-electron chi connectivity index (χ1n) is 21.9. The van der Waals surface area contributed by atoms with Crippen LogP contribution in [0.1, 0.15) is 55.6 Å². The average Bonchev–Trinajstić information content (AvgIpc) is 3.98. The van der Waals surface area contributed by atoms with Gasteiger partial charge < -0.3 is 0 Å². The third-order valence-corrected chi connectivity index (χ3v) is 15.3. The minimum atomic E-state index is -0.468. The van der Waals surface area contributed by atoms with Crippen LogP contribution in [0.2, 0.25) is 0 Å². The molecule has 1 heterocycles. The molecule has 1 heteroatoms. The van der Waals surface area contributed by atoms with Crippen molar-refractivity contribution in [1.82, 2.24) is 4.98 Å². The second kappa shape index (κ2) is 11.2. The highest BCUT2D eigenvalue weighted by Crippen LogP contribution is 2.72. The Hall–Kier alpha value is -7.61. The Balaban J connectivity index is 1.03. The first-order chi connectivity index (χ1) is 30.5. The summed E-state index contributed by atoms with van der Waals surface area (Å²) >= 11 is 0. The zero-order valence-electron chi connectivity index (χ0n) is 34.3. The van der Waals surface area contributed by atoms with Gasteiger partial charge in [0.05, 0.1) is 10.8 Å². The Kier molecular flexibility index (Phi) is 5.99. The Labute approximate surface area is 360 Å². The number of pyridine rings is 1. The van der Waals surface area contributed by atoms with Gasteiger partial charge in [0.25, 0.3) is 0 Å². The fourth-order valence-electron chi connectivity index (χ4n) is 13.1. The van der Waals surface area contributed by atoms with Crippen molar-refractivity contribution in [3.63, 3.8) is 0 Å². The van der Waals surface area contributed by atoms with Gasteiger partial charge in [-0.1, -0.05) is 157 Å². The molecule has 0 fully saturated rings. The summed E-state index contributed by atoms with van der Waals surface area (Å²) < 4.78 is 0. The Morgan fingerprint density at radius 2 is 0.790 bits per heavy atom. The number of benzene rings is 10. The Morgan fingerprint density at radius 3 is 1.31 bits per heavy atom. The summed E-state index contributed by atoms with van der Waals surface area (Å²) in [6, 6.07) is 68.0. The monoisotopic (exact) mass is 783 g/mol. The third-order valence-electron chi connectivity index (χ3n) is 15.3. The average molecular weight is 784 g/mol. The second-order valence-electron chi connectivity index (χ2n) is 18.3. The summed E-state index contributed by atoms with van der Waals surface area (Å²) in [6.45, 7) is 4.64. The van der Waals surface area contributed by atoms with Crippen LogP contribution in [0, 0.1) is 13.8 Å². The minimum absolute atomic E-state index is 0.454. The van der Waals surface area contributed by atoms with Crippen molar-refractivity contribution >= 4 is 32.3 Å². The van der Waals surface area contributed by atoms with Gasteiger partial charge in [0.15, 0.2) is 0 Å². The van der Waals surface area contributed by atoms with E-state index in [-0.39, 0.29) is 0 Å². The molecule has 286 valence electrons. The zero-order chi connectivity index (χ0) is 40.6. The van der Waals surface area contributed by atoms with Crippen molar-refractivity contribution in [2.45, 2.75) is 24.7 Å². The van der Waals surface area contributed by atoms with E-state index >= 15 is 0 Å². The highest BCUT2D eigenvalue weighted by atomic mass is 14.6. The molecule has 4 aliphatic carbocycles. The normalized spacial score (nSPS) is 14.9. The van der Waals surface area contributed by atoms with E-state index in [1.165, 1.54) is 138 Å². The first kappa shape index (κ1) is 33.1. The molecule has 1 nitrogen and oxygen atoms in total. The molecule has 0 unspecified atom stereocenters. The second-order valence-corrected chi connectivity index (χ2v) is 18.3. The predicted molar refractivity (Wildman–Crippen MR) is 255 cm³/mol. The fraction of sp³-hybridized carbons (Fsp3) is 0.0656. The molecule has 0 radical (unpaired) electrons. The maximum absolute atomic E-state index is 4.53. The molecule has 4 aliphatic rings. The Morgan fingerprint density at radius 1 is 0.323 bits per heavy atom. The SMILES string of the molecule is Cc1cc2c3c(c1)C1(c4ccccc4-c4ccc(-c5cc6ccc7cccc8ccc(c5)c6c78)cc41)c1cc(C)cc(c1-3)C21c2ccccc2-c2ccc(-c3cccnc3)cc21. The van der Waals surface area contributed by atoms with Gasteiger partial charge in [-0.2, -0.15) is 0 Å². The van der Waals surface area contributed by atoms with Crippen molar-refractivity contribution in [1.29, 1.82) is 0 Å². The molecular weight excluding hydrogens is 747 g/mol.